The summed E-state index contributed by atoms with van der Waals surface area (Å²) in [6, 6.07) is 25.7. The van der Waals surface area contributed by atoms with Crippen molar-refractivity contribution in [1.29, 1.82) is 0 Å². The molecule has 2 nitrogen and oxygen atoms in total. The highest BCUT2D eigenvalue weighted by Crippen LogP contribution is 2.28. The molecular weight excluding hydrogens is 302 g/mol. The third kappa shape index (κ3) is 4.24. The Hall–Kier alpha value is -2.52. The molecule has 1 N–H and O–H groups in total. The number of carbonyl (C=O) groups excluding carboxylic acids is 1. The van der Waals surface area contributed by atoms with Crippen LogP contribution in [0.15, 0.2) is 88.7 Å². The molecule has 0 spiro atoms. The molecule has 0 aliphatic carbocycles. The second-order valence-corrected chi connectivity index (χ2v) is 6.41. The number of carbonyl (C=O) groups is 1. The van der Waals surface area contributed by atoms with Crippen molar-refractivity contribution >= 4 is 23.4 Å². The predicted molar refractivity (Wildman–Crippen MR) is 96.1 cm³/mol. The van der Waals surface area contributed by atoms with Crippen molar-refractivity contribution in [2.75, 3.05) is 5.32 Å². The third-order valence-electron chi connectivity index (χ3n) is 3.40. The van der Waals surface area contributed by atoms with Gasteiger partial charge in [-0.25, -0.2) is 0 Å². The predicted octanol–water partition coefficient (Wildman–Crippen LogP) is 5.40. The van der Waals surface area contributed by atoms with Gasteiger partial charge in [-0.1, -0.05) is 47.7 Å². The summed E-state index contributed by atoms with van der Waals surface area (Å²) in [5.74, 6) is -0.0894. The summed E-state index contributed by atoms with van der Waals surface area (Å²) in [4.78, 5) is 14.5. The van der Waals surface area contributed by atoms with Gasteiger partial charge in [-0.05, 0) is 55.5 Å². The van der Waals surface area contributed by atoms with Gasteiger partial charge in [0.15, 0.2) is 0 Å². The van der Waals surface area contributed by atoms with E-state index in [-0.39, 0.29) is 5.91 Å². The maximum absolute atomic E-state index is 12.2. The summed E-state index contributed by atoms with van der Waals surface area (Å²) in [7, 11) is 0. The maximum Gasteiger partial charge on any atom is 0.255 e. The van der Waals surface area contributed by atoms with Crippen LogP contribution in [-0.4, -0.2) is 5.91 Å². The molecular formula is C20H17NOS. The van der Waals surface area contributed by atoms with Gasteiger partial charge in [-0.3, -0.25) is 4.79 Å². The molecule has 1 amide bonds. The fourth-order valence-electron chi connectivity index (χ4n) is 2.14. The van der Waals surface area contributed by atoms with Gasteiger partial charge in [-0.2, -0.15) is 0 Å². The van der Waals surface area contributed by atoms with E-state index in [9.17, 15) is 4.79 Å². The Morgan fingerprint density at radius 1 is 0.783 bits per heavy atom. The minimum absolute atomic E-state index is 0.0894. The van der Waals surface area contributed by atoms with Crippen LogP contribution >= 0.6 is 11.8 Å². The Kier molecular flexibility index (Phi) is 4.79. The Labute approximate surface area is 140 Å². The van der Waals surface area contributed by atoms with Crippen LogP contribution in [0.4, 0.5) is 5.69 Å². The number of aryl methyl sites for hydroxylation is 1. The number of rotatable bonds is 4. The molecule has 0 radical (unpaired) electrons. The fraction of sp³-hybridized carbons (Fsp3) is 0.0500. The van der Waals surface area contributed by atoms with Crippen LogP contribution in [0.5, 0.6) is 0 Å². The van der Waals surface area contributed by atoms with E-state index in [0.717, 1.165) is 16.1 Å². The topological polar surface area (TPSA) is 29.1 Å². The second-order valence-electron chi connectivity index (χ2n) is 5.26. The molecule has 0 bridgehead atoms. The van der Waals surface area contributed by atoms with Gasteiger partial charge in [-0.15, -0.1) is 0 Å². The molecule has 3 heteroatoms. The molecule has 0 fully saturated rings. The van der Waals surface area contributed by atoms with Gasteiger partial charge in [0.25, 0.3) is 5.91 Å². The van der Waals surface area contributed by atoms with Crippen molar-refractivity contribution < 1.29 is 4.79 Å². The van der Waals surface area contributed by atoms with Crippen molar-refractivity contribution in [2.24, 2.45) is 0 Å². The smallest absolute Gasteiger partial charge is 0.255 e. The summed E-state index contributed by atoms with van der Waals surface area (Å²) < 4.78 is 0. The van der Waals surface area contributed by atoms with E-state index in [1.165, 1.54) is 4.90 Å². The number of benzene rings is 3. The lowest BCUT2D eigenvalue weighted by molar-refractivity contribution is 0.102. The van der Waals surface area contributed by atoms with Gasteiger partial charge in [0, 0.05) is 21.0 Å². The molecule has 3 aromatic carbocycles. The van der Waals surface area contributed by atoms with E-state index in [4.69, 9.17) is 0 Å². The molecule has 0 atom stereocenters. The summed E-state index contributed by atoms with van der Waals surface area (Å²) in [5, 5.41) is 2.92. The van der Waals surface area contributed by atoms with Crippen LogP contribution in [0.1, 0.15) is 15.9 Å². The molecule has 0 aromatic heterocycles. The van der Waals surface area contributed by atoms with Gasteiger partial charge >= 0.3 is 0 Å². The van der Waals surface area contributed by atoms with Gasteiger partial charge in [0.2, 0.25) is 0 Å². The van der Waals surface area contributed by atoms with Crippen molar-refractivity contribution in [3.05, 3.63) is 90.0 Å². The average molecular weight is 319 g/mol. The Balaban J connectivity index is 1.65. The van der Waals surface area contributed by atoms with Gasteiger partial charge < -0.3 is 5.32 Å². The first-order chi connectivity index (χ1) is 11.2. The zero-order valence-electron chi connectivity index (χ0n) is 12.8. The minimum atomic E-state index is -0.0894. The van der Waals surface area contributed by atoms with Crippen molar-refractivity contribution in [1.82, 2.24) is 0 Å². The molecule has 114 valence electrons. The molecule has 23 heavy (non-hydrogen) atoms. The maximum atomic E-state index is 12.2. The normalized spacial score (nSPS) is 10.3. The zero-order valence-corrected chi connectivity index (χ0v) is 13.6. The quantitative estimate of drug-likeness (QED) is 0.697. The Bertz CT molecular complexity index is 780. The molecule has 3 rings (SSSR count). The SMILES string of the molecule is Cc1ccc(C(=O)Nc2ccc(Sc3ccccc3)cc2)cc1. The van der Waals surface area contributed by atoms with Crippen molar-refractivity contribution in [3.8, 4) is 0 Å². The van der Waals surface area contributed by atoms with E-state index in [1.54, 1.807) is 11.8 Å². The number of nitrogens with one attached hydrogen (secondary N) is 1. The first kappa shape index (κ1) is 15.4. The Morgan fingerprint density at radius 2 is 1.39 bits per heavy atom. The third-order valence-corrected chi connectivity index (χ3v) is 4.42. The highest BCUT2D eigenvalue weighted by molar-refractivity contribution is 7.99. The Morgan fingerprint density at radius 3 is 2.04 bits per heavy atom. The molecule has 0 heterocycles. The van der Waals surface area contributed by atoms with E-state index < -0.39 is 0 Å². The summed E-state index contributed by atoms with van der Waals surface area (Å²) >= 11 is 1.70. The molecule has 0 saturated heterocycles. The lowest BCUT2D eigenvalue weighted by atomic mass is 10.1. The molecule has 3 aromatic rings. The summed E-state index contributed by atoms with van der Waals surface area (Å²) in [6.45, 7) is 2.00. The molecule has 0 aliphatic heterocycles. The van der Waals surface area contributed by atoms with Gasteiger partial charge in [0.1, 0.15) is 0 Å². The standard InChI is InChI=1S/C20H17NOS/c1-15-7-9-16(10-8-15)20(22)21-17-11-13-19(14-12-17)23-18-5-3-2-4-6-18/h2-14H,1H3,(H,21,22). The van der Waals surface area contributed by atoms with Crippen LogP contribution in [0, 0.1) is 6.92 Å². The van der Waals surface area contributed by atoms with Gasteiger partial charge in [0.05, 0.1) is 0 Å². The molecule has 0 saturated carbocycles. The summed E-state index contributed by atoms with van der Waals surface area (Å²) in [5.41, 5.74) is 2.61. The highest BCUT2D eigenvalue weighted by Gasteiger charge is 2.05. The number of hydrogen-bond donors (Lipinski definition) is 1. The van der Waals surface area contributed by atoms with Crippen LogP contribution in [0.3, 0.4) is 0 Å². The number of anilines is 1. The first-order valence-corrected chi connectivity index (χ1v) is 8.23. The van der Waals surface area contributed by atoms with E-state index >= 15 is 0 Å². The molecule has 0 unspecified atom stereocenters. The average Bonchev–Trinajstić information content (AvgIpc) is 2.58. The van der Waals surface area contributed by atoms with E-state index in [2.05, 4.69) is 17.4 Å². The van der Waals surface area contributed by atoms with E-state index in [0.29, 0.717) is 5.56 Å². The lowest BCUT2D eigenvalue weighted by Gasteiger charge is -2.07. The zero-order chi connectivity index (χ0) is 16.1. The first-order valence-electron chi connectivity index (χ1n) is 7.42. The monoisotopic (exact) mass is 319 g/mol. The van der Waals surface area contributed by atoms with Crippen LogP contribution in [-0.2, 0) is 0 Å². The van der Waals surface area contributed by atoms with E-state index in [1.807, 2.05) is 73.7 Å². The van der Waals surface area contributed by atoms with Crippen molar-refractivity contribution in [2.45, 2.75) is 16.7 Å². The van der Waals surface area contributed by atoms with Crippen LogP contribution in [0.2, 0.25) is 0 Å². The van der Waals surface area contributed by atoms with Crippen LogP contribution in [0.25, 0.3) is 0 Å². The number of hydrogen-bond acceptors (Lipinski definition) is 2. The van der Waals surface area contributed by atoms with Crippen LogP contribution < -0.4 is 5.32 Å². The van der Waals surface area contributed by atoms with Crippen molar-refractivity contribution in [3.63, 3.8) is 0 Å². The highest BCUT2D eigenvalue weighted by atomic mass is 32.2. The fourth-order valence-corrected chi connectivity index (χ4v) is 2.98. The minimum Gasteiger partial charge on any atom is -0.322 e. The number of amides is 1. The largest absolute Gasteiger partial charge is 0.322 e. The second kappa shape index (κ2) is 7.16. The lowest BCUT2D eigenvalue weighted by Crippen LogP contribution is -2.11. The molecule has 0 aliphatic rings. The summed E-state index contributed by atoms with van der Waals surface area (Å²) in [6.07, 6.45) is 0.